The molecular weight excluding hydrogens is 546 g/mol. The van der Waals surface area contributed by atoms with Crippen molar-refractivity contribution in [3.8, 4) is 0 Å². The van der Waals surface area contributed by atoms with E-state index < -0.39 is 23.5 Å². The summed E-state index contributed by atoms with van der Waals surface area (Å²) >= 11 is 0. The Morgan fingerprint density at radius 2 is 0.300 bits per heavy atom. The van der Waals surface area contributed by atoms with Crippen molar-refractivity contribution in [2.75, 3.05) is 0 Å². The Balaban J connectivity index is -0.00000000271. The molecule has 0 amide bonds. The first-order valence-corrected chi connectivity index (χ1v) is 7.04. The van der Waals surface area contributed by atoms with E-state index in [1.807, 2.05) is 0 Å². The van der Waals surface area contributed by atoms with Crippen molar-refractivity contribution >= 4 is 23.5 Å². The van der Waals surface area contributed by atoms with Gasteiger partial charge in [-0.05, 0) is 0 Å². The van der Waals surface area contributed by atoms with Crippen LogP contribution in [-0.4, -0.2) is 110 Å². The summed E-state index contributed by atoms with van der Waals surface area (Å²) in [5.74, 6) is 0. The van der Waals surface area contributed by atoms with Gasteiger partial charge in [0.2, 0.25) is 0 Å². The monoisotopic (exact) mass is 582 g/mol. The van der Waals surface area contributed by atoms with Gasteiger partial charge in [-0.2, -0.15) is 0 Å². The van der Waals surface area contributed by atoms with Crippen molar-refractivity contribution in [1.82, 2.24) is 0 Å². The van der Waals surface area contributed by atoms with Gasteiger partial charge in [-0.25, -0.2) is 13.7 Å². The maximum absolute atomic E-state index is 8.88. The summed E-state index contributed by atoms with van der Waals surface area (Å²) in [6, 6.07) is 0. The normalized spacial score (nSPS) is 5.90. The first-order valence-electron chi connectivity index (χ1n) is 2.35. The molecule has 0 saturated carbocycles. The van der Waals surface area contributed by atoms with Crippen LogP contribution in [0.4, 0.5) is 0 Å². The molecule has 0 heterocycles. The molecule has 0 fully saturated rings. The first-order chi connectivity index (χ1) is 6.00. The van der Waals surface area contributed by atoms with Gasteiger partial charge < -0.3 is 114 Å². The van der Waals surface area contributed by atoms with E-state index in [-0.39, 0.29) is 159 Å². The third-order valence-corrected chi connectivity index (χ3v) is 0. The topological polar surface area (TPSA) is 611 Å². The van der Waals surface area contributed by atoms with Crippen LogP contribution in [0, 0.1) is 0 Å². The molecule has 30 heavy (non-hydrogen) atoms. The van der Waals surface area contributed by atoms with E-state index in [4.69, 9.17) is 57.7 Å². The summed E-state index contributed by atoms with van der Waals surface area (Å²) in [5, 5.41) is 0. The van der Waals surface area contributed by atoms with E-state index in [1.165, 1.54) is 0 Å². The minimum Gasteiger partial charge on any atom is -1.00 e. The predicted octanol–water partition coefficient (Wildman–Crippen LogP) is -21.3. The molecule has 0 saturated heterocycles. The zero-order valence-corrected chi connectivity index (χ0v) is 24.3. The van der Waals surface area contributed by atoms with Crippen molar-refractivity contribution in [2.45, 2.75) is 0 Å². The molecule has 24 nitrogen and oxygen atoms in total. The Bertz CT molecular complexity index is 228. The summed E-state index contributed by atoms with van der Waals surface area (Å²) in [6.45, 7) is 0. The van der Waals surface area contributed by atoms with E-state index in [0.29, 0.717) is 0 Å². The van der Waals surface area contributed by atoms with Gasteiger partial charge in [-0.15, -0.1) is 0 Å². The van der Waals surface area contributed by atoms with Gasteiger partial charge in [0.15, 0.2) is 0 Å². The van der Waals surface area contributed by atoms with Crippen molar-refractivity contribution in [2.24, 2.45) is 0 Å². The van der Waals surface area contributed by atoms with E-state index >= 15 is 0 Å². The quantitative estimate of drug-likeness (QED) is 0.0949. The van der Waals surface area contributed by atoms with Crippen LogP contribution in [0.3, 0.4) is 0 Å². The molecule has 0 aliphatic rings. The number of hydrogen-bond donors (Lipinski definition) is 9. The minimum atomic E-state index is -4.64. The summed E-state index contributed by atoms with van der Waals surface area (Å²) in [5.41, 5.74) is 0. The fourth-order valence-electron chi connectivity index (χ4n) is 0. The molecule has 0 atom stereocenters. The second-order valence-corrected chi connectivity index (χ2v) is 4.62. The summed E-state index contributed by atoms with van der Waals surface area (Å²) < 4.78 is 26.6. The van der Waals surface area contributed by atoms with Crippen molar-refractivity contribution in [3.05, 3.63) is 0 Å². The van der Waals surface area contributed by atoms with Crippen LogP contribution in [-0.2, 0) is 13.7 Å². The number of phosphoric acid groups is 3. The fourth-order valence-corrected chi connectivity index (χ4v) is 0. The van der Waals surface area contributed by atoms with Crippen molar-refractivity contribution < 1.29 is 216 Å². The second-order valence-electron chi connectivity index (χ2n) is 1.54. The van der Waals surface area contributed by atoms with Gasteiger partial charge in [-0.1, -0.05) is 0 Å². The molecule has 30 heteroatoms. The molecule has 0 spiro atoms. The molecule has 0 unspecified atom stereocenters. The molecule has 198 valence electrons. The Kier molecular flexibility index (Phi) is 351. The Hall–Kier alpha value is 2.85. The fraction of sp³-hybridized carbons (Fsp3) is 0. The van der Waals surface area contributed by atoms with Crippen LogP contribution in [0.2, 0.25) is 0 Å². The maximum atomic E-state index is 8.88. The van der Waals surface area contributed by atoms with Crippen LogP contribution in [0.25, 0.3) is 0 Å². The smallest absolute Gasteiger partial charge is 1.00 e. The summed E-state index contributed by atoms with van der Waals surface area (Å²) in [6.07, 6.45) is 0. The van der Waals surface area contributed by atoms with Crippen LogP contribution in [0.1, 0.15) is 4.28 Å². The summed E-state index contributed by atoms with van der Waals surface area (Å²) in [4.78, 5) is 64.7. The molecule has 0 rings (SSSR count). The maximum Gasteiger partial charge on any atom is 1.00 e. The van der Waals surface area contributed by atoms with E-state index in [1.54, 1.807) is 0 Å². The molecule has 0 aliphatic carbocycles. The summed E-state index contributed by atoms with van der Waals surface area (Å²) in [7, 11) is -13.9. The molecule has 0 aromatic heterocycles. The second kappa shape index (κ2) is 69.7. The number of rotatable bonds is 0. The third-order valence-electron chi connectivity index (χ3n) is 0. The Morgan fingerprint density at radius 3 is 0.300 bits per heavy atom. The standard InChI is InChI=1S/3Na.3H3O4P.12H2O.3H/c;;;3*1-5(2,3)4;;;;;;;;;;;;;;;/h;;;3*(H3,1,2,3,4);12*1H2;;;/q3*+1;;;;;;;;;;;;;;;;3*-1. The third kappa shape index (κ3) is 3380. The van der Waals surface area contributed by atoms with Crippen LogP contribution < -0.4 is 88.7 Å². The zero-order chi connectivity index (χ0) is 13.5. The van der Waals surface area contributed by atoms with Gasteiger partial charge in [0.1, 0.15) is 0 Å². The average Bonchev–Trinajstić information content (AvgIpc) is 1.41. The first kappa shape index (κ1) is 151. The Morgan fingerprint density at radius 1 is 0.300 bits per heavy atom. The van der Waals surface area contributed by atoms with E-state index in [9.17, 15) is 0 Å². The van der Waals surface area contributed by atoms with E-state index in [2.05, 4.69) is 0 Å². The van der Waals surface area contributed by atoms with Gasteiger partial charge in [0, 0.05) is 0 Å². The van der Waals surface area contributed by atoms with Crippen molar-refractivity contribution in [1.29, 1.82) is 0 Å². The average molecular weight is 582 g/mol. The molecule has 0 aliphatic heterocycles. The van der Waals surface area contributed by atoms with Crippen LogP contribution >= 0.6 is 23.5 Å². The number of hydrogen-bond acceptors (Lipinski definition) is 3. The molecule has 33 N–H and O–H groups in total. The van der Waals surface area contributed by atoms with Gasteiger partial charge in [0.05, 0.1) is 0 Å². The van der Waals surface area contributed by atoms with Gasteiger partial charge >= 0.3 is 112 Å². The van der Waals surface area contributed by atoms with Crippen molar-refractivity contribution in [3.63, 3.8) is 0 Å². The van der Waals surface area contributed by atoms with Crippen LogP contribution in [0.5, 0.6) is 0 Å². The zero-order valence-electron chi connectivity index (χ0n) is 18.6. The predicted molar refractivity (Wildman–Crippen MR) is 89.5 cm³/mol. The minimum absolute atomic E-state index is 0. The van der Waals surface area contributed by atoms with Gasteiger partial charge in [0.25, 0.3) is 0 Å². The van der Waals surface area contributed by atoms with Crippen LogP contribution in [0.15, 0.2) is 0 Å². The molecule has 0 aromatic carbocycles. The van der Waals surface area contributed by atoms with Gasteiger partial charge in [-0.3, -0.25) is 0 Å². The molecule has 0 aromatic rings. The molecule has 0 bridgehead atoms. The molecular formula is H36Na3O24P3. The SMILES string of the molecule is O.O.O.O.O.O.O.O.O.O.O.O.O=P(O)(O)O.O=P(O)(O)O.O=P(O)(O)O.[H-].[H-].[H-].[Na+].[Na+].[Na+]. The van der Waals surface area contributed by atoms with E-state index in [0.717, 1.165) is 0 Å². The largest absolute Gasteiger partial charge is 1.00 e. The Labute approximate surface area is 238 Å². The molecule has 0 radical (unpaired) electrons.